The summed E-state index contributed by atoms with van der Waals surface area (Å²) in [5, 5.41) is 8.86. The predicted octanol–water partition coefficient (Wildman–Crippen LogP) is 3.28. The number of nitrogens with zero attached hydrogens (tertiary/aromatic N) is 1. The van der Waals surface area contributed by atoms with E-state index in [4.69, 9.17) is 14.7 Å². The van der Waals surface area contributed by atoms with E-state index in [0.29, 0.717) is 24.0 Å². The second kappa shape index (κ2) is 5.58. The fourth-order valence-electron chi connectivity index (χ4n) is 2.13. The minimum atomic E-state index is 0.308. The van der Waals surface area contributed by atoms with Gasteiger partial charge >= 0.3 is 0 Å². The molecule has 1 aromatic carbocycles. The van der Waals surface area contributed by atoms with E-state index >= 15 is 0 Å². The summed E-state index contributed by atoms with van der Waals surface area (Å²) < 4.78 is 11.4. The summed E-state index contributed by atoms with van der Waals surface area (Å²) in [5.74, 6) is 1.44. The Kier molecular flexibility index (Phi) is 3.87. The van der Waals surface area contributed by atoms with Gasteiger partial charge in [-0.25, -0.2) is 0 Å². The first-order chi connectivity index (χ1) is 8.33. The van der Waals surface area contributed by atoms with Crippen LogP contribution in [-0.4, -0.2) is 12.7 Å². The van der Waals surface area contributed by atoms with Crippen molar-refractivity contribution < 1.29 is 9.47 Å². The normalized spacial score (nSPS) is 15.5. The molecule has 1 saturated carbocycles. The quantitative estimate of drug-likeness (QED) is 0.798. The first-order valence-corrected chi connectivity index (χ1v) is 6.17. The minimum Gasteiger partial charge on any atom is -0.490 e. The maximum absolute atomic E-state index is 8.86. The second-order valence-corrected chi connectivity index (χ2v) is 4.23. The smallest absolute Gasteiger partial charge is 0.162 e. The van der Waals surface area contributed by atoms with Crippen molar-refractivity contribution in [2.24, 2.45) is 0 Å². The van der Waals surface area contributed by atoms with Gasteiger partial charge in [0.25, 0.3) is 0 Å². The molecule has 17 heavy (non-hydrogen) atoms. The molecule has 1 aliphatic carbocycles. The number of hydrogen-bond acceptors (Lipinski definition) is 3. The Hall–Kier alpha value is -1.69. The summed E-state index contributed by atoms with van der Waals surface area (Å²) in [4.78, 5) is 0. The van der Waals surface area contributed by atoms with Crippen molar-refractivity contribution in [1.82, 2.24) is 0 Å². The van der Waals surface area contributed by atoms with Crippen LogP contribution in [0.1, 0.15) is 38.2 Å². The third kappa shape index (κ3) is 2.91. The van der Waals surface area contributed by atoms with Gasteiger partial charge in [0.05, 0.1) is 24.3 Å². The van der Waals surface area contributed by atoms with Crippen molar-refractivity contribution in [3.63, 3.8) is 0 Å². The van der Waals surface area contributed by atoms with E-state index in [2.05, 4.69) is 6.07 Å². The Labute approximate surface area is 102 Å². The highest BCUT2D eigenvalue weighted by Crippen LogP contribution is 2.32. The first kappa shape index (κ1) is 11.8. The molecule has 3 nitrogen and oxygen atoms in total. The molecule has 90 valence electrons. The van der Waals surface area contributed by atoms with Crippen molar-refractivity contribution >= 4 is 0 Å². The van der Waals surface area contributed by atoms with E-state index in [9.17, 15) is 0 Å². The molecule has 3 heteroatoms. The van der Waals surface area contributed by atoms with Crippen LogP contribution in [0.5, 0.6) is 11.5 Å². The number of benzene rings is 1. The van der Waals surface area contributed by atoms with Crippen LogP contribution in [0.25, 0.3) is 0 Å². The van der Waals surface area contributed by atoms with Crippen LogP contribution >= 0.6 is 0 Å². The zero-order valence-corrected chi connectivity index (χ0v) is 10.1. The van der Waals surface area contributed by atoms with E-state index < -0.39 is 0 Å². The third-order valence-electron chi connectivity index (χ3n) is 2.97. The lowest BCUT2D eigenvalue weighted by Crippen LogP contribution is -2.11. The molecule has 0 bridgehead atoms. The Morgan fingerprint density at radius 2 is 2.06 bits per heavy atom. The van der Waals surface area contributed by atoms with Crippen LogP contribution in [0.4, 0.5) is 0 Å². The molecule has 0 aliphatic heterocycles. The molecule has 1 fully saturated rings. The van der Waals surface area contributed by atoms with Crippen LogP contribution in [0.2, 0.25) is 0 Å². The number of nitriles is 1. The molecule has 2 rings (SSSR count). The lowest BCUT2D eigenvalue weighted by Gasteiger charge is -2.16. The van der Waals surface area contributed by atoms with Crippen molar-refractivity contribution in [2.75, 3.05) is 6.61 Å². The largest absolute Gasteiger partial charge is 0.490 e. The van der Waals surface area contributed by atoms with Crippen molar-refractivity contribution in [1.29, 1.82) is 5.26 Å². The van der Waals surface area contributed by atoms with Crippen molar-refractivity contribution in [3.05, 3.63) is 23.8 Å². The van der Waals surface area contributed by atoms with Crippen LogP contribution in [0, 0.1) is 11.3 Å². The minimum absolute atomic E-state index is 0.308. The SMILES string of the molecule is CCOc1cc(C#N)ccc1OC1CCCC1. The average molecular weight is 231 g/mol. The maximum Gasteiger partial charge on any atom is 0.162 e. The molecule has 0 saturated heterocycles. The molecule has 1 aliphatic rings. The molecular formula is C14H17NO2. The summed E-state index contributed by atoms with van der Waals surface area (Å²) in [6.07, 6.45) is 5.02. The standard InChI is InChI=1S/C14H17NO2/c1-2-16-14-9-11(10-15)7-8-13(14)17-12-5-3-4-6-12/h7-9,12H,2-6H2,1H3. The summed E-state index contributed by atoms with van der Waals surface area (Å²) in [7, 11) is 0. The summed E-state index contributed by atoms with van der Waals surface area (Å²) >= 11 is 0. The van der Waals surface area contributed by atoms with Gasteiger partial charge in [0.1, 0.15) is 0 Å². The zero-order valence-electron chi connectivity index (χ0n) is 10.1. The topological polar surface area (TPSA) is 42.2 Å². The van der Waals surface area contributed by atoms with Crippen LogP contribution < -0.4 is 9.47 Å². The monoisotopic (exact) mass is 231 g/mol. The second-order valence-electron chi connectivity index (χ2n) is 4.23. The van der Waals surface area contributed by atoms with E-state index in [-0.39, 0.29) is 0 Å². The molecule has 0 spiro atoms. The molecule has 0 heterocycles. The van der Waals surface area contributed by atoms with E-state index in [1.54, 1.807) is 12.1 Å². The number of rotatable bonds is 4. The van der Waals surface area contributed by atoms with Crippen LogP contribution in [-0.2, 0) is 0 Å². The predicted molar refractivity (Wildman–Crippen MR) is 65.2 cm³/mol. The van der Waals surface area contributed by atoms with Crippen LogP contribution in [0.15, 0.2) is 18.2 Å². The van der Waals surface area contributed by atoms with Crippen LogP contribution in [0.3, 0.4) is 0 Å². The lowest BCUT2D eigenvalue weighted by atomic mass is 10.2. The highest BCUT2D eigenvalue weighted by Gasteiger charge is 2.18. The summed E-state index contributed by atoms with van der Waals surface area (Å²) in [5.41, 5.74) is 0.604. The Bertz CT molecular complexity index is 417. The Morgan fingerprint density at radius 3 is 2.71 bits per heavy atom. The molecule has 1 aromatic rings. The number of ether oxygens (including phenoxy) is 2. The van der Waals surface area contributed by atoms with Crippen molar-refractivity contribution in [2.45, 2.75) is 38.7 Å². The molecule has 0 N–H and O–H groups in total. The maximum atomic E-state index is 8.86. The molecule has 0 aromatic heterocycles. The van der Waals surface area contributed by atoms with Gasteiger partial charge in [-0.2, -0.15) is 5.26 Å². The van der Waals surface area contributed by atoms with E-state index in [1.165, 1.54) is 12.8 Å². The van der Waals surface area contributed by atoms with Gasteiger partial charge in [0, 0.05) is 6.07 Å². The van der Waals surface area contributed by atoms with E-state index in [1.807, 2.05) is 13.0 Å². The zero-order chi connectivity index (χ0) is 12.1. The van der Waals surface area contributed by atoms with Gasteiger partial charge in [0.2, 0.25) is 0 Å². The number of hydrogen-bond donors (Lipinski definition) is 0. The first-order valence-electron chi connectivity index (χ1n) is 6.17. The van der Waals surface area contributed by atoms with Gasteiger partial charge in [-0.3, -0.25) is 0 Å². The Balaban J connectivity index is 2.16. The van der Waals surface area contributed by atoms with Crippen molar-refractivity contribution in [3.8, 4) is 17.6 Å². The molecular weight excluding hydrogens is 214 g/mol. The summed E-state index contributed by atoms with van der Waals surface area (Å²) in [6.45, 7) is 2.51. The lowest BCUT2D eigenvalue weighted by molar-refractivity contribution is 0.197. The average Bonchev–Trinajstić information content (AvgIpc) is 2.84. The fraction of sp³-hybridized carbons (Fsp3) is 0.500. The van der Waals surface area contributed by atoms with Gasteiger partial charge in [-0.1, -0.05) is 0 Å². The fourth-order valence-corrected chi connectivity index (χ4v) is 2.13. The molecule has 0 radical (unpaired) electrons. The molecule has 0 unspecified atom stereocenters. The van der Waals surface area contributed by atoms with E-state index in [0.717, 1.165) is 18.6 Å². The third-order valence-corrected chi connectivity index (χ3v) is 2.97. The highest BCUT2D eigenvalue weighted by molar-refractivity contribution is 5.46. The molecule has 0 amide bonds. The van der Waals surface area contributed by atoms with Gasteiger partial charge in [-0.15, -0.1) is 0 Å². The molecule has 0 atom stereocenters. The summed E-state index contributed by atoms with van der Waals surface area (Å²) in [6, 6.07) is 7.46. The van der Waals surface area contributed by atoms with Gasteiger partial charge in [0.15, 0.2) is 11.5 Å². The highest BCUT2D eigenvalue weighted by atomic mass is 16.5. The van der Waals surface area contributed by atoms with Gasteiger partial charge in [-0.05, 0) is 44.7 Å². The van der Waals surface area contributed by atoms with Gasteiger partial charge < -0.3 is 9.47 Å². The Morgan fingerprint density at radius 1 is 1.29 bits per heavy atom.